The minimum atomic E-state index is -5.08. The van der Waals surface area contributed by atoms with Crippen LogP contribution in [0.2, 0.25) is 0 Å². The molecule has 1 fully saturated rings. The zero-order valence-electron chi connectivity index (χ0n) is 18.8. The maximum Gasteiger partial charge on any atom is 0.490 e. The Morgan fingerprint density at radius 3 is 2.54 bits per heavy atom. The normalized spacial score (nSPS) is 16.6. The van der Waals surface area contributed by atoms with E-state index in [0.717, 1.165) is 43.0 Å². The summed E-state index contributed by atoms with van der Waals surface area (Å²) in [5.74, 6) is -2.76. The van der Waals surface area contributed by atoms with Gasteiger partial charge in [-0.25, -0.2) is 9.31 Å². The van der Waals surface area contributed by atoms with Crippen LogP contribution in [0.4, 0.5) is 13.2 Å². The summed E-state index contributed by atoms with van der Waals surface area (Å²) < 4.78 is 39.7. The Hall–Kier alpha value is -3.28. The number of hydrogen-bond donors (Lipinski definition) is 1. The van der Waals surface area contributed by atoms with E-state index in [2.05, 4.69) is 75.4 Å². The second-order valence-electron chi connectivity index (χ2n) is 8.12. The van der Waals surface area contributed by atoms with Crippen molar-refractivity contribution in [2.24, 2.45) is 0 Å². The third-order valence-electron chi connectivity index (χ3n) is 5.51. The molecule has 1 unspecified atom stereocenters. The number of pyridine rings is 1. The van der Waals surface area contributed by atoms with Crippen molar-refractivity contribution in [3.8, 4) is 11.1 Å². The number of nitrogens with zero attached hydrogens (tertiary/aromatic N) is 4. The molecular weight excluding hydrogens is 481 g/mol. The number of alkyl halides is 3. The van der Waals surface area contributed by atoms with Crippen molar-refractivity contribution >= 4 is 22.8 Å². The standard InChI is InChI=1S/C22H22N4OS.C2HF3O2/c1-16-2-4-18(5-3-16)19-6-7-20-22(23-24-26(20)13-19)21-14-25(9-10-27-21)12-17-8-11-28-15-17;3-2(4,5)1(6)7/h2-8,11,13,15,21H,9-10,12,14H2,1H3;(H,6,7). The number of morpholine rings is 1. The van der Waals surface area contributed by atoms with E-state index in [9.17, 15) is 13.2 Å². The van der Waals surface area contributed by atoms with E-state index in [-0.39, 0.29) is 6.10 Å². The van der Waals surface area contributed by atoms with Crippen molar-refractivity contribution in [3.05, 3.63) is 76.2 Å². The maximum absolute atomic E-state index is 10.6. The van der Waals surface area contributed by atoms with Gasteiger partial charge in [0.1, 0.15) is 11.8 Å². The van der Waals surface area contributed by atoms with Gasteiger partial charge in [-0.05, 0) is 40.9 Å². The second kappa shape index (κ2) is 10.5. The Morgan fingerprint density at radius 1 is 1.17 bits per heavy atom. The average Bonchev–Trinajstić information content (AvgIpc) is 3.49. The van der Waals surface area contributed by atoms with Crippen LogP contribution in [0.5, 0.6) is 0 Å². The van der Waals surface area contributed by atoms with Crippen molar-refractivity contribution in [3.63, 3.8) is 0 Å². The van der Waals surface area contributed by atoms with Gasteiger partial charge in [0.15, 0.2) is 0 Å². The van der Waals surface area contributed by atoms with Crippen molar-refractivity contribution in [2.75, 3.05) is 19.7 Å². The summed E-state index contributed by atoms with van der Waals surface area (Å²) in [4.78, 5) is 11.3. The number of carbonyl (C=O) groups is 1. The number of hydrogen-bond acceptors (Lipinski definition) is 6. The van der Waals surface area contributed by atoms with Crippen molar-refractivity contribution < 1.29 is 27.8 Å². The zero-order valence-corrected chi connectivity index (χ0v) is 19.6. The number of carboxylic acid groups (broad SMARTS) is 1. The molecule has 4 heterocycles. The fraction of sp³-hybridized carbons (Fsp3) is 0.292. The number of aryl methyl sites for hydroxylation is 1. The summed E-state index contributed by atoms with van der Waals surface area (Å²) >= 11 is 1.75. The highest BCUT2D eigenvalue weighted by Gasteiger charge is 2.38. The van der Waals surface area contributed by atoms with E-state index in [1.807, 2.05) is 10.7 Å². The molecule has 0 aliphatic carbocycles. The third kappa shape index (κ3) is 6.24. The number of ether oxygens (including phenoxy) is 1. The predicted molar refractivity (Wildman–Crippen MR) is 125 cm³/mol. The molecule has 1 aromatic carbocycles. The molecule has 1 aliphatic rings. The van der Waals surface area contributed by atoms with Crippen molar-refractivity contribution in [1.82, 2.24) is 19.7 Å². The first-order valence-corrected chi connectivity index (χ1v) is 11.7. The molecule has 5 rings (SSSR count). The van der Waals surface area contributed by atoms with Gasteiger partial charge in [-0.1, -0.05) is 41.1 Å². The first kappa shape index (κ1) is 24.8. The first-order chi connectivity index (χ1) is 16.7. The lowest BCUT2D eigenvalue weighted by atomic mass is 10.1. The molecule has 1 N–H and O–H groups in total. The Bertz CT molecular complexity index is 1270. The molecule has 3 aromatic heterocycles. The molecule has 1 aliphatic heterocycles. The lowest BCUT2D eigenvalue weighted by Gasteiger charge is -2.31. The van der Waals surface area contributed by atoms with Crippen LogP contribution in [-0.4, -0.2) is 56.7 Å². The van der Waals surface area contributed by atoms with E-state index in [0.29, 0.717) is 0 Å². The maximum atomic E-state index is 10.6. The van der Waals surface area contributed by atoms with E-state index in [4.69, 9.17) is 14.6 Å². The van der Waals surface area contributed by atoms with Crippen LogP contribution < -0.4 is 0 Å². The molecule has 0 bridgehead atoms. The number of carboxylic acids is 1. The van der Waals surface area contributed by atoms with Crippen LogP contribution in [0.3, 0.4) is 0 Å². The van der Waals surface area contributed by atoms with Crippen LogP contribution in [0.25, 0.3) is 16.6 Å². The molecule has 1 atom stereocenters. The highest BCUT2D eigenvalue weighted by Crippen LogP contribution is 2.27. The minimum absolute atomic E-state index is 0.0462. The summed E-state index contributed by atoms with van der Waals surface area (Å²) in [6.45, 7) is 5.56. The predicted octanol–water partition coefficient (Wildman–Crippen LogP) is 4.97. The molecule has 35 heavy (non-hydrogen) atoms. The number of benzene rings is 1. The summed E-state index contributed by atoms with van der Waals surface area (Å²) in [6, 6.07) is 15.0. The van der Waals surface area contributed by atoms with Gasteiger partial charge in [0.05, 0.1) is 12.1 Å². The number of halogens is 3. The fourth-order valence-corrected chi connectivity index (χ4v) is 4.37. The quantitative estimate of drug-likeness (QED) is 0.423. The van der Waals surface area contributed by atoms with Crippen molar-refractivity contribution in [1.29, 1.82) is 0 Å². The third-order valence-corrected chi connectivity index (χ3v) is 6.24. The number of thiophene rings is 1. The van der Waals surface area contributed by atoms with E-state index in [1.165, 1.54) is 16.7 Å². The second-order valence-corrected chi connectivity index (χ2v) is 8.90. The van der Waals surface area contributed by atoms with E-state index >= 15 is 0 Å². The molecule has 0 amide bonds. The summed E-state index contributed by atoms with van der Waals surface area (Å²) in [5, 5.41) is 20.3. The first-order valence-electron chi connectivity index (χ1n) is 10.8. The number of aliphatic carboxylic acids is 1. The number of rotatable bonds is 4. The lowest BCUT2D eigenvalue weighted by molar-refractivity contribution is -0.192. The van der Waals surface area contributed by atoms with Gasteiger partial charge in [0.25, 0.3) is 0 Å². The van der Waals surface area contributed by atoms with Crippen LogP contribution in [-0.2, 0) is 16.1 Å². The SMILES string of the molecule is Cc1ccc(-c2ccc3c(C4CN(Cc5ccsc5)CCO4)nnn3c2)cc1.O=C(O)C(F)(F)F. The highest BCUT2D eigenvalue weighted by atomic mass is 32.1. The van der Waals surface area contributed by atoms with Gasteiger partial charge >= 0.3 is 12.1 Å². The molecule has 0 saturated carbocycles. The Kier molecular flexibility index (Phi) is 7.48. The van der Waals surface area contributed by atoms with Gasteiger partial charge in [0, 0.05) is 31.4 Å². The molecule has 0 radical (unpaired) electrons. The highest BCUT2D eigenvalue weighted by molar-refractivity contribution is 7.07. The largest absolute Gasteiger partial charge is 0.490 e. The summed E-state index contributed by atoms with van der Waals surface area (Å²) in [5.41, 5.74) is 6.87. The monoisotopic (exact) mass is 504 g/mol. The summed E-state index contributed by atoms with van der Waals surface area (Å²) in [6.07, 6.45) is -3.09. The molecule has 184 valence electrons. The molecule has 11 heteroatoms. The van der Waals surface area contributed by atoms with Crippen LogP contribution in [0.1, 0.15) is 22.9 Å². The molecular formula is C24H23F3N4O3S. The van der Waals surface area contributed by atoms with Gasteiger partial charge in [-0.3, -0.25) is 4.90 Å². The van der Waals surface area contributed by atoms with Crippen LogP contribution in [0, 0.1) is 6.92 Å². The average molecular weight is 505 g/mol. The van der Waals surface area contributed by atoms with Gasteiger partial charge in [-0.2, -0.15) is 24.5 Å². The van der Waals surface area contributed by atoms with E-state index in [1.54, 1.807) is 11.3 Å². The van der Waals surface area contributed by atoms with E-state index < -0.39 is 12.1 Å². The van der Waals surface area contributed by atoms with Gasteiger partial charge in [0.2, 0.25) is 0 Å². The van der Waals surface area contributed by atoms with Crippen LogP contribution >= 0.6 is 11.3 Å². The van der Waals surface area contributed by atoms with Crippen LogP contribution in [0.15, 0.2) is 59.4 Å². The van der Waals surface area contributed by atoms with Gasteiger partial charge < -0.3 is 9.84 Å². The molecule has 7 nitrogen and oxygen atoms in total. The number of fused-ring (bicyclic) bond motifs is 1. The minimum Gasteiger partial charge on any atom is -0.475 e. The molecule has 4 aromatic rings. The fourth-order valence-electron chi connectivity index (χ4n) is 3.71. The Labute approximate surface area is 203 Å². The Balaban J connectivity index is 0.000000364. The molecule has 0 spiro atoms. The smallest absolute Gasteiger partial charge is 0.475 e. The van der Waals surface area contributed by atoms with Crippen molar-refractivity contribution in [2.45, 2.75) is 25.7 Å². The summed E-state index contributed by atoms with van der Waals surface area (Å²) in [7, 11) is 0. The zero-order chi connectivity index (χ0) is 25.0. The molecule has 1 saturated heterocycles. The lowest BCUT2D eigenvalue weighted by Crippen LogP contribution is -2.37. The van der Waals surface area contributed by atoms with Gasteiger partial charge in [-0.15, -0.1) is 5.10 Å². The Morgan fingerprint density at radius 2 is 1.89 bits per heavy atom. The number of aromatic nitrogens is 3. The topological polar surface area (TPSA) is 80.0 Å².